The van der Waals surface area contributed by atoms with Gasteiger partial charge in [0.2, 0.25) is 10.0 Å². The van der Waals surface area contributed by atoms with E-state index in [9.17, 15) is 13.2 Å². The molecule has 2 rings (SSSR count). The van der Waals surface area contributed by atoms with Crippen LogP contribution in [0.2, 0.25) is 0 Å². The topological polar surface area (TPSA) is 74.7 Å². The van der Waals surface area contributed by atoms with E-state index in [-0.39, 0.29) is 6.04 Å². The molecule has 0 aromatic heterocycles. The molecule has 0 aliphatic heterocycles. The fourth-order valence-corrected chi connectivity index (χ4v) is 3.96. The number of sulfonamides is 1. The summed E-state index contributed by atoms with van der Waals surface area (Å²) in [6.07, 6.45) is 4.84. The van der Waals surface area contributed by atoms with Crippen LogP contribution >= 0.6 is 0 Å². The molecule has 1 aromatic carbocycles. The maximum atomic E-state index is 12.4. The van der Waals surface area contributed by atoms with Gasteiger partial charge in [-0.3, -0.25) is 4.79 Å². The number of hydrogen-bond acceptors (Lipinski definition) is 3. The van der Waals surface area contributed by atoms with Crippen LogP contribution in [0, 0.1) is 0 Å². The zero-order chi connectivity index (χ0) is 15.3. The molecule has 1 N–H and O–H groups in total. The van der Waals surface area contributed by atoms with Gasteiger partial charge in [0.15, 0.2) is 0 Å². The fourth-order valence-electron chi connectivity index (χ4n) is 2.56. The molecule has 0 spiro atoms. The molecule has 0 saturated heterocycles. The molecule has 1 aromatic rings. The largest absolute Gasteiger partial charge is 0.480 e. The first-order chi connectivity index (χ1) is 9.99. The average molecular weight is 309 g/mol. The van der Waals surface area contributed by atoms with Crippen molar-refractivity contribution < 1.29 is 18.3 Å². The van der Waals surface area contributed by atoms with E-state index in [2.05, 4.69) is 0 Å². The Labute approximate surface area is 124 Å². The molecule has 0 heterocycles. The Balaban J connectivity index is 2.20. The highest BCUT2D eigenvalue weighted by Crippen LogP contribution is 2.26. The number of carbonyl (C=O) groups is 1. The quantitative estimate of drug-likeness (QED) is 0.875. The molecule has 0 bridgehead atoms. The Hall–Kier alpha value is -1.66. The monoisotopic (exact) mass is 309 g/mol. The van der Waals surface area contributed by atoms with Gasteiger partial charge in [-0.2, -0.15) is 4.31 Å². The van der Waals surface area contributed by atoms with E-state index in [1.165, 1.54) is 6.08 Å². The number of aliphatic carboxylic acids is 1. The SMILES string of the molecule is O=C(O)CN(C1CCCC1)S(=O)(=O)/C=C/c1ccccc1. The molecule has 0 unspecified atom stereocenters. The lowest BCUT2D eigenvalue weighted by Gasteiger charge is -2.24. The maximum Gasteiger partial charge on any atom is 0.318 e. The van der Waals surface area contributed by atoms with E-state index in [1.54, 1.807) is 12.1 Å². The van der Waals surface area contributed by atoms with Gasteiger partial charge in [0.1, 0.15) is 6.54 Å². The highest BCUT2D eigenvalue weighted by Gasteiger charge is 2.32. The minimum absolute atomic E-state index is 0.202. The average Bonchev–Trinajstić information content (AvgIpc) is 2.97. The van der Waals surface area contributed by atoms with Crippen molar-refractivity contribution in [2.24, 2.45) is 0 Å². The van der Waals surface area contributed by atoms with Gasteiger partial charge in [-0.05, 0) is 24.5 Å². The van der Waals surface area contributed by atoms with E-state index in [0.29, 0.717) is 0 Å². The normalized spacial score (nSPS) is 16.8. The predicted octanol–water partition coefficient (Wildman–Crippen LogP) is 2.32. The molecule has 1 aliphatic carbocycles. The summed E-state index contributed by atoms with van der Waals surface area (Å²) in [4.78, 5) is 11.0. The van der Waals surface area contributed by atoms with Crippen LogP contribution in [-0.2, 0) is 14.8 Å². The predicted molar refractivity (Wildman–Crippen MR) is 81.0 cm³/mol. The smallest absolute Gasteiger partial charge is 0.318 e. The summed E-state index contributed by atoms with van der Waals surface area (Å²) >= 11 is 0. The molecular weight excluding hydrogens is 290 g/mol. The number of hydrogen-bond donors (Lipinski definition) is 1. The standard InChI is InChI=1S/C15H19NO4S/c17-15(18)12-16(14-8-4-5-9-14)21(19,20)11-10-13-6-2-1-3-7-13/h1-3,6-7,10-11,14H,4-5,8-9,12H2,(H,17,18)/b11-10+. The molecule has 1 saturated carbocycles. The van der Waals surface area contributed by atoms with Crippen molar-refractivity contribution in [3.05, 3.63) is 41.3 Å². The van der Waals surface area contributed by atoms with Crippen LogP contribution in [0.5, 0.6) is 0 Å². The van der Waals surface area contributed by atoms with E-state index in [4.69, 9.17) is 5.11 Å². The first kappa shape index (κ1) is 15.7. The van der Waals surface area contributed by atoms with E-state index in [1.807, 2.05) is 18.2 Å². The van der Waals surface area contributed by atoms with Gasteiger partial charge in [0.25, 0.3) is 0 Å². The number of carboxylic acid groups (broad SMARTS) is 1. The lowest BCUT2D eigenvalue weighted by atomic mass is 10.2. The van der Waals surface area contributed by atoms with Crippen molar-refractivity contribution in [2.45, 2.75) is 31.7 Å². The van der Waals surface area contributed by atoms with E-state index >= 15 is 0 Å². The summed E-state index contributed by atoms with van der Waals surface area (Å²) in [5, 5.41) is 10.1. The molecule has 6 heteroatoms. The second-order valence-corrected chi connectivity index (χ2v) is 6.91. The summed E-state index contributed by atoms with van der Waals surface area (Å²) < 4.78 is 25.9. The van der Waals surface area contributed by atoms with Gasteiger partial charge in [-0.15, -0.1) is 0 Å². The first-order valence-electron chi connectivity index (χ1n) is 6.96. The molecule has 5 nitrogen and oxygen atoms in total. The second-order valence-electron chi connectivity index (χ2n) is 5.14. The van der Waals surface area contributed by atoms with Crippen LogP contribution in [0.25, 0.3) is 6.08 Å². The van der Waals surface area contributed by atoms with Gasteiger partial charge in [0.05, 0.1) is 0 Å². The summed E-state index contributed by atoms with van der Waals surface area (Å²) in [7, 11) is -3.73. The van der Waals surface area contributed by atoms with Gasteiger partial charge < -0.3 is 5.11 Å². The highest BCUT2D eigenvalue weighted by molar-refractivity contribution is 7.92. The van der Waals surface area contributed by atoms with Crippen LogP contribution in [0.4, 0.5) is 0 Å². The van der Waals surface area contributed by atoms with Gasteiger partial charge >= 0.3 is 5.97 Å². The Morgan fingerprint density at radius 3 is 2.43 bits per heavy atom. The van der Waals surface area contributed by atoms with Gasteiger partial charge in [-0.25, -0.2) is 8.42 Å². The molecule has 21 heavy (non-hydrogen) atoms. The van der Waals surface area contributed by atoms with Crippen LogP contribution < -0.4 is 0 Å². The zero-order valence-electron chi connectivity index (χ0n) is 11.7. The Kier molecular flexibility index (Phi) is 5.14. The van der Waals surface area contributed by atoms with Crippen LogP contribution in [0.15, 0.2) is 35.7 Å². The minimum atomic E-state index is -3.73. The first-order valence-corrected chi connectivity index (χ1v) is 8.46. The number of rotatable bonds is 6. The lowest BCUT2D eigenvalue weighted by molar-refractivity contribution is -0.137. The third-order valence-electron chi connectivity index (χ3n) is 3.58. The van der Waals surface area contributed by atoms with Crippen LogP contribution in [0.1, 0.15) is 31.2 Å². The minimum Gasteiger partial charge on any atom is -0.480 e. The number of carboxylic acids is 1. The molecule has 114 valence electrons. The van der Waals surface area contributed by atoms with E-state index < -0.39 is 22.5 Å². The van der Waals surface area contributed by atoms with Gasteiger partial charge in [0, 0.05) is 11.4 Å². The van der Waals surface area contributed by atoms with Crippen molar-refractivity contribution in [1.29, 1.82) is 0 Å². The van der Waals surface area contributed by atoms with Crippen LogP contribution in [0.3, 0.4) is 0 Å². The molecule has 1 aliphatic rings. The molecule has 0 amide bonds. The zero-order valence-corrected chi connectivity index (χ0v) is 12.5. The lowest BCUT2D eigenvalue weighted by Crippen LogP contribution is -2.41. The number of nitrogens with zero attached hydrogens (tertiary/aromatic N) is 1. The summed E-state index contributed by atoms with van der Waals surface area (Å²) in [6.45, 7) is -0.480. The van der Waals surface area contributed by atoms with Gasteiger partial charge in [-0.1, -0.05) is 43.2 Å². The van der Waals surface area contributed by atoms with Crippen molar-refractivity contribution in [3.63, 3.8) is 0 Å². The Bertz CT molecular complexity index is 604. The summed E-state index contributed by atoms with van der Waals surface area (Å²) in [6, 6.07) is 8.87. The Morgan fingerprint density at radius 2 is 1.86 bits per heavy atom. The number of benzene rings is 1. The van der Waals surface area contributed by atoms with Crippen molar-refractivity contribution in [2.75, 3.05) is 6.54 Å². The summed E-state index contributed by atoms with van der Waals surface area (Å²) in [5.74, 6) is -1.13. The summed E-state index contributed by atoms with van der Waals surface area (Å²) in [5.41, 5.74) is 0.766. The van der Waals surface area contributed by atoms with Crippen molar-refractivity contribution >= 4 is 22.1 Å². The maximum absolute atomic E-state index is 12.4. The van der Waals surface area contributed by atoms with Crippen LogP contribution in [-0.4, -0.2) is 36.4 Å². The van der Waals surface area contributed by atoms with E-state index in [0.717, 1.165) is 41.0 Å². The molecule has 0 atom stereocenters. The molecular formula is C15H19NO4S. The highest BCUT2D eigenvalue weighted by atomic mass is 32.2. The van der Waals surface area contributed by atoms with Crippen molar-refractivity contribution in [3.8, 4) is 0 Å². The third kappa shape index (κ3) is 4.41. The molecule has 0 radical (unpaired) electrons. The second kappa shape index (κ2) is 6.87. The fraction of sp³-hybridized carbons (Fsp3) is 0.400. The third-order valence-corrected chi connectivity index (χ3v) is 5.14. The Morgan fingerprint density at radius 1 is 1.24 bits per heavy atom. The molecule has 1 fully saturated rings. The van der Waals surface area contributed by atoms with Crippen molar-refractivity contribution in [1.82, 2.24) is 4.31 Å².